The molecular formula is C31H24N2O2. The lowest BCUT2D eigenvalue weighted by atomic mass is 9.77. The minimum Gasteiger partial charge on any atom is -0.423 e. The van der Waals surface area contributed by atoms with E-state index in [1.54, 1.807) is 6.07 Å². The third-order valence-electron chi connectivity index (χ3n) is 6.08. The molecule has 4 aromatic carbocycles. The van der Waals surface area contributed by atoms with E-state index in [9.17, 15) is 4.79 Å². The second-order valence-electron chi connectivity index (χ2n) is 8.10. The van der Waals surface area contributed by atoms with Crippen molar-refractivity contribution in [3.8, 4) is 17.0 Å². The third-order valence-corrected chi connectivity index (χ3v) is 6.08. The van der Waals surface area contributed by atoms with Crippen LogP contribution in [0, 0.1) is 0 Å². The number of benzene rings is 4. The molecule has 0 saturated heterocycles. The zero-order valence-electron chi connectivity index (χ0n) is 19.1. The second-order valence-corrected chi connectivity index (χ2v) is 8.10. The molecule has 4 nitrogen and oxygen atoms in total. The molecule has 0 atom stereocenters. The van der Waals surface area contributed by atoms with Gasteiger partial charge in [-0.3, -0.25) is 0 Å². The highest BCUT2D eigenvalue weighted by Gasteiger charge is 2.38. The highest BCUT2D eigenvalue weighted by Crippen LogP contribution is 2.41. The molecule has 1 heterocycles. The van der Waals surface area contributed by atoms with Gasteiger partial charge in [-0.2, -0.15) is 0 Å². The molecule has 0 radical (unpaired) electrons. The first-order valence-electron chi connectivity index (χ1n) is 11.4. The van der Waals surface area contributed by atoms with E-state index < -0.39 is 11.5 Å². The molecule has 5 rings (SSSR count). The van der Waals surface area contributed by atoms with E-state index in [0.29, 0.717) is 11.4 Å². The van der Waals surface area contributed by atoms with E-state index >= 15 is 0 Å². The summed E-state index contributed by atoms with van der Waals surface area (Å²) in [6.45, 7) is 3.50. The number of aromatic nitrogens is 2. The number of ether oxygens (including phenoxy) is 1. The van der Waals surface area contributed by atoms with E-state index in [-0.39, 0.29) is 0 Å². The summed E-state index contributed by atoms with van der Waals surface area (Å²) in [5.41, 5.74) is 4.07. The Bertz CT molecular complexity index is 1340. The summed E-state index contributed by atoms with van der Waals surface area (Å²) in [6.07, 6.45) is 5.00. The Kier molecular flexibility index (Phi) is 6.10. The van der Waals surface area contributed by atoms with Crippen LogP contribution in [0.3, 0.4) is 0 Å². The normalized spacial score (nSPS) is 11.1. The van der Waals surface area contributed by atoms with E-state index in [1.165, 1.54) is 0 Å². The van der Waals surface area contributed by atoms with Gasteiger partial charge >= 0.3 is 5.97 Å². The van der Waals surface area contributed by atoms with Crippen LogP contribution in [-0.4, -0.2) is 15.5 Å². The second kappa shape index (κ2) is 9.65. The van der Waals surface area contributed by atoms with Gasteiger partial charge < -0.3 is 9.30 Å². The van der Waals surface area contributed by atoms with Crippen LogP contribution in [0.5, 0.6) is 5.75 Å². The van der Waals surface area contributed by atoms with Crippen LogP contribution in [0.25, 0.3) is 11.3 Å². The summed E-state index contributed by atoms with van der Waals surface area (Å²) in [4.78, 5) is 16.7. The van der Waals surface area contributed by atoms with Crippen molar-refractivity contribution in [3.63, 3.8) is 0 Å². The van der Waals surface area contributed by atoms with Gasteiger partial charge in [-0.1, -0.05) is 110 Å². The van der Waals surface area contributed by atoms with Gasteiger partial charge in [-0.05, 0) is 28.8 Å². The molecule has 0 aliphatic carbocycles. The van der Waals surface area contributed by atoms with Gasteiger partial charge in [-0.15, -0.1) is 0 Å². The van der Waals surface area contributed by atoms with Crippen molar-refractivity contribution in [3.05, 3.63) is 157 Å². The number of esters is 1. The van der Waals surface area contributed by atoms with Crippen LogP contribution in [0.1, 0.15) is 16.7 Å². The predicted octanol–water partition coefficient (Wildman–Crippen LogP) is 6.48. The average Bonchev–Trinajstić information content (AvgIpc) is 3.41. The zero-order chi connectivity index (χ0) is 24.1. The standard InChI is InChI=1S/C31H24N2O2/c1-2-30(34)35-29-21-13-12-20-27(29)28-22-33(23-32-28)31(24-14-6-3-7-15-24,25-16-8-4-9-17-25)26-18-10-5-11-19-26/h2-23H,1H2. The molecule has 35 heavy (non-hydrogen) atoms. The van der Waals surface area contributed by atoms with Gasteiger partial charge in [0.25, 0.3) is 0 Å². The molecule has 0 amide bonds. The van der Waals surface area contributed by atoms with E-state index in [0.717, 1.165) is 28.3 Å². The van der Waals surface area contributed by atoms with Crippen LogP contribution >= 0.6 is 0 Å². The predicted molar refractivity (Wildman–Crippen MR) is 138 cm³/mol. The van der Waals surface area contributed by atoms with Gasteiger partial charge in [0.2, 0.25) is 0 Å². The number of para-hydroxylation sites is 1. The maximum Gasteiger partial charge on any atom is 0.335 e. The largest absolute Gasteiger partial charge is 0.423 e. The molecule has 0 unspecified atom stereocenters. The number of carbonyl (C=O) groups excluding carboxylic acids is 1. The number of nitrogens with zero attached hydrogens (tertiary/aromatic N) is 2. The molecule has 5 aromatic rings. The lowest BCUT2D eigenvalue weighted by Gasteiger charge is -2.37. The Morgan fingerprint density at radius 1 is 0.743 bits per heavy atom. The summed E-state index contributed by atoms with van der Waals surface area (Å²) in [5, 5.41) is 0. The van der Waals surface area contributed by atoms with Crippen LogP contribution in [-0.2, 0) is 10.3 Å². The van der Waals surface area contributed by atoms with E-state index in [1.807, 2.05) is 48.9 Å². The number of rotatable bonds is 7. The van der Waals surface area contributed by atoms with Crippen molar-refractivity contribution in [2.24, 2.45) is 0 Å². The molecule has 4 heteroatoms. The van der Waals surface area contributed by atoms with Crippen molar-refractivity contribution >= 4 is 5.97 Å². The maximum atomic E-state index is 11.9. The fourth-order valence-corrected chi connectivity index (χ4v) is 4.55. The summed E-state index contributed by atoms with van der Waals surface area (Å²) in [6, 6.07) is 38.6. The smallest absolute Gasteiger partial charge is 0.335 e. The summed E-state index contributed by atoms with van der Waals surface area (Å²) >= 11 is 0. The van der Waals surface area contributed by atoms with Crippen LogP contribution in [0.4, 0.5) is 0 Å². The molecule has 0 bridgehead atoms. The number of hydrogen-bond acceptors (Lipinski definition) is 3. The fourth-order valence-electron chi connectivity index (χ4n) is 4.55. The van der Waals surface area contributed by atoms with Crippen molar-refractivity contribution < 1.29 is 9.53 Å². The first kappa shape index (κ1) is 22.1. The van der Waals surface area contributed by atoms with Crippen LogP contribution < -0.4 is 4.74 Å². The van der Waals surface area contributed by atoms with Gasteiger partial charge in [0.15, 0.2) is 0 Å². The van der Waals surface area contributed by atoms with Gasteiger partial charge in [0, 0.05) is 17.8 Å². The number of hydrogen-bond donors (Lipinski definition) is 0. The first-order valence-corrected chi connectivity index (χ1v) is 11.4. The van der Waals surface area contributed by atoms with Gasteiger partial charge in [0.05, 0.1) is 12.0 Å². The Hall–Kier alpha value is -4.70. The molecular weight excluding hydrogens is 432 g/mol. The Morgan fingerprint density at radius 3 is 1.74 bits per heavy atom. The van der Waals surface area contributed by atoms with Crippen molar-refractivity contribution in [1.29, 1.82) is 0 Å². The Morgan fingerprint density at radius 2 is 1.23 bits per heavy atom. The lowest BCUT2D eigenvalue weighted by Crippen LogP contribution is -2.36. The number of carbonyl (C=O) groups is 1. The highest BCUT2D eigenvalue weighted by molar-refractivity contribution is 5.85. The minimum atomic E-state index is -0.665. The maximum absolute atomic E-state index is 11.9. The lowest BCUT2D eigenvalue weighted by molar-refractivity contribution is -0.128. The summed E-state index contributed by atoms with van der Waals surface area (Å²) < 4.78 is 7.63. The minimum absolute atomic E-state index is 0.437. The first-order chi connectivity index (χ1) is 17.2. The number of imidazole rings is 1. The van der Waals surface area contributed by atoms with Crippen LogP contribution in [0.2, 0.25) is 0 Å². The third kappa shape index (κ3) is 4.06. The molecule has 0 aliphatic rings. The van der Waals surface area contributed by atoms with Crippen molar-refractivity contribution in [1.82, 2.24) is 9.55 Å². The van der Waals surface area contributed by atoms with Gasteiger partial charge in [0.1, 0.15) is 11.3 Å². The fraction of sp³-hybridized carbons (Fsp3) is 0.0323. The molecule has 170 valence electrons. The van der Waals surface area contributed by atoms with Crippen molar-refractivity contribution in [2.45, 2.75) is 5.54 Å². The summed E-state index contributed by atoms with van der Waals surface area (Å²) in [7, 11) is 0. The SMILES string of the molecule is C=CC(=O)Oc1ccccc1-c1cn(C(c2ccccc2)(c2ccccc2)c2ccccc2)cn1. The topological polar surface area (TPSA) is 44.1 Å². The van der Waals surface area contributed by atoms with E-state index in [4.69, 9.17) is 9.72 Å². The highest BCUT2D eigenvalue weighted by atomic mass is 16.5. The molecule has 0 fully saturated rings. The van der Waals surface area contributed by atoms with Crippen molar-refractivity contribution in [2.75, 3.05) is 0 Å². The average molecular weight is 457 g/mol. The van der Waals surface area contributed by atoms with E-state index in [2.05, 4.69) is 83.9 Å². The van der Waals surface area contributed by atoms with Crippen LogP contribution in [0.15, 0.2) is 140 Å². The molecule has 1 aromatic heterocycles. The quantitative estimate of drug-likeness (QED) is 0.122. The molecule has 0 spiro atoms. The molecule has 0 N–H and O–H groups in total. The zero-order valence-corrected chi connectivity index (χ0v) is 19.1. The monoisotopic (exact) mass is 456 g/mol. The molecule has 0 aliphatic heterocycles. The molecule has 0 saturated carbocycles. The summed E-state index contributed by atoms with van der Waals surface area (Å²) in [5.74, 6) is -0.0727. The Labute approximate surface area is 204 Å². The van der Waals surface area contributed by atoms with Gasteiger partial charge in [-0.25, -0.2) is 9.78 Å². The Balaban J connectivity index is 1.76.